The summed E-state index contributed by atoms with van der Waals surface area (Å²) in [5, 5.41) is 3.80. The van der Waals surface area contributed by atoms with Crippen LogP contribution in [0, 0.1) is 11.8 Å². The fourth-order valence-electron chi connectivity index (χ4n) is 5.00. The number of rotatable bonds is 7. The summed E-state index contributed by atoms with van der Waals surface area (Å²) < 4.78 is 10.9. The average Bonchev–Trinajstić information content (AvgIpc) is 3.52. The molecule has 4 heterocycles. The van der Waals surface area contributed by atoms with Gasteiger partial charge in [0.05, 0.1) is 41.4 Å². The number of carbonyl (C=O) groups excluding carboxylic acids is 2. The topological polar surface area (TPSA) is 99.8 Å². The highest BCUT2D eigenvalue weighted by atomic mass is 35.5. The van der Waals surface area contributed by atoms with Gasteiger partial charge in [-0.3, -0.25) is 9.78 Å². The molecule has 10 heteroatoms. The number of nitrogens with one attached hydrogen (secondary N) is 2. The summed E-state index contributed by atoms with van der Waals surface area (Å²) in [6.07, 6.45) is 9.84. The molecule has 0 spiro atoms. The van der Waals surface area contributed by atoms with Crippen molar-refractivity contribution in [1.29, 1.82) is 0 Å². The lowest BCUT2D eigenvalue weighted by Crippen LogP contribution is -2.30. The normalized spacial score (nSPS) is 16.1. The molecule has 2 aromatic heterocycles. The van der Waals surface area contributed by atoms with Gasteiger partial charge in [0.25, 0.3) is 5.91 Å². The van der Waals surface area contributed by atoms with E-state index in [2.05, 4.69) is 27.1 Å². The molecule has 0 unspecified atom stereocenters. The molecule has 0 saturated carbocycles. The van der Waals surface area contributed by atoms with Gasteiger partial charge in [-0.15, -0.1) is 0 Å². The van der Waals surface area contributed by atoms with Gasteiger partial charge in [0.1, 0.15) is 11.6 Å². The Morgan fingerprint density at radius 3 is 2.98 bits per heavy atom. The Labute approximate surface area is 250 Å². The highest BCUT2D eigenvalue weighted by Crippen LogP contribution is 2.42. The van der Waals surface area contributed by atoms with Gasteiger partial charge >= 0.3 is 5.97 Å². The molecule has 0 fully saturated rings. The van der Waals surface area contributed by atoms with E-state index >= 15 is 0 Å². The number of nitrogens with zero attached hydrogens (tertiary/aromatic N) is 3. The third-order valence-electron chi connectivity index (χ3n) is 6.96. The van der Waals surface area contributed by atoms with Crippen molar-refractivity contribution in [3.05, 3.63) is 82.4 Å². The zero-order valence-corrected chi connectivity index (χ0v) is 24.7. The molecule has 42 heavy (non-hydrogen) atoms. The third-order valence-corrected chi connectivity index (χ3v) is 7.26. The van der Waals surface area contributed by atoms with Crippen molar-refractivity contribution in [2.75, 3.05) is 39.7 Å². The molecule has 0 radical (unpaired) electrons. The number of ether oxygens (including phenoxy) is 2. The number of cyclic esters (lactones) is 1. The number of H-pyrrole nitrogens is 1. The van der Waals surface area contributed by atoms with Crippen LogP contribution < -0.4 is 10.1 Å². The number of esters is 1. The number of pyridine rings is 1. The van der Waals surface area contributed by atoms with Crippen molar-refractivity contribution >= 4 is 34.9 Å². The minimum Gasteiger partial charge on any atom is -0.493 e. The molecule has 1 aromatic carbocycles. The standard InChI is InChI=1S/C32H32ClN5O4/c1-20-17-22(38(19-20)27(39)9-6-15-37(2)3)11-10-21-18-34-14-12-23(21)29-30(28-25(35-29)13-16-42-32(28)40)36-26-8-5-7-24(33)31(26)41-4/h5-9,12,14,18-19,22,35-36H,13,15-17H2,1-4H3/b9-6+/t22-/m0/s1. The highest BCUT2D eigenvalue weighted by molar-refractivity contribution is 6.32. The van der Waals surface area contributed by atoms with Gasteiger partial charge < -0.3 is 29.6 Å². The number of fused-ring (bicyclic) bond motifs is 1. The maximum Gasteiger partial charge on any atom is 0.342 e. The van der Waals surface area contributed by atoms with Crippen molar-refractivity contribution < 1.29 is 19.1 Å². The Morgan fingerprint density at radius 2 is 2.19 bits per heavy atom. The number of carbonyl (C=O) groups is 2. The Hall–Kier alpha value is -4.52. The van der Waals surface area contributed by atoms with Gasteiger partial charge in [0.15, 0.2) is 5.75 Å². The molecule has 0 bridgehead atoms. The first kappa shape index (κ1) is 29.0. The van der Waals surface area contributed by atoms with E-state index in [0.717, 1.165) is 16.8 Å². The van der Waals surface area contributed by atoms with Crippen LogP contribution in [-0.4, -0.2) is 72.0 Å². The Morgan fingerprint density at radius 1 is 1.36 bits per heavy atom. The van der Waals surface area contributed by atoms with E-state index in [4.69, 9.17) is 21.1 Å². The molecule has 216 valence electrons. The maximum absolute atomic E-state index is 13.0. The highest BCUT2D eigenvalue weighted by Gasteiger charge is 2.30. The van der Waals surface area contributed by atoms with Crippen molar-refractivity contribution in [2.24, 2.45) is 0 Å². The van der Waals surface area contributed by atoms with Gasteiger partial charge in [0.2, 0.25) is 0 Å². The van der Waals surface area contributed by atoms with Crippen LogP contribution in [0.1, 0.15) is 35.0 Å². The van der Waals surface area contributed by atoms with Crippen molar-refractivity contribution in [1.82, 2.24) is 19.8 Å². The first-order chi connectivity index (χ1) is 20.3. The predicted octanol–water partition coefficient (Wildman–Crippen LogP) is 5.17. The fourth-order valence-corrected chi connectivity index (χ4v) is 5.26. The SMILES string of the molecule is COc1c(Cl)cccc1Nc1c(-c2ccncc2C#C[C@H]2CC(C)=CN2C(=O)/C=C/CN(C)C)[nH]c2c1C(=O)OCC2. The molecular weight excluding hydrogens is 554 g/mol. The van der Waals surface area contributed by atoms with E-state index in [0.29, 0.717) is 58.4 Å². The van der Waals surface area contributed by atoms with Crippen LogP contribution in [-0.2, 0) is 16.0 Å². The second-order valence-corrected chi connectivity index (χ2v) is 10.8. The molecule has 5 rings (SSSR count). The van der Waals surface area contributed by atoms with E-state index in [-0.39, 0.29) is 18.6 Å². The second-order valence-electron chi connectivity index (χ2n) is 10.4. The van der Waals surface area contributed by atoms with Crippen LogP contribution in [0.25, 0.3) is 11.3 Å². The molecule has 2 N–H and O–H groups in total. The largest absolute Gasteiger partial charge is 0.493 e. The summed E-state index contributed by atoms with van der Waals surface area (Å²) in [7, 11) is 5.44. The summed E-state index contributed by atoms with van der Waals surface area (Å²) in [6.45, 7) is 2.95. The van der Waals surface area contributed by atoms with Crippen LogP contribution in [0.4, 0.5) is 11.4 Å². The number of likely N-dealkylation sites (N-methyl/N-ethyl adjacent to an activating group) is 1. The smallest absolute Gasteiger partial charge is 0.342 e. The Balaban J connectivity index is 1.53. The van der Waals surface area contributed by atoms with Crippen molar-refractivity contribution in [2.45, 2.75) is 25.8 Å². The number of hydrogen-bond acceptors (Lipinski definition) is 7. The predicted molar refractivity (Wildman–Crippen MR) is 163 cm³/mol. The monoisotopic (exact) mass is 585 g/mol. The number of benzene rings is 1. The number of amides is 1. The minimum atomic E-state index is -0.423. The van der Waals surface area contributed by atoms with E-state index in [9.17, 15) is 9.59 Å². The van der Waals surface area contributed by atoms with Crippen LogP contribution >= 0.6 is 11.6 Å². The number of hydrogen-bond donors (Lipinski definition) is 2. The molecule has 3 aromatic rings. The molecule has 9 nitrogen and oxygen atoms in total. The molecule has 0 saturated heterocycles. The number of aromatic nitrogens is 2. The van der Waals surface area contributed by atoms with Gasteiger partial charge in [-0.05, 0) is 39.2 Å². The van der Waals surface area contributed by atoms with Crippen LogP contribution in [0.15, 0.2) is 60.6 Å². The lowest BCUT2D eigenvalue weighted by molar-refractivity contribution is -0.124. The zero-order valence-electron chi connectivity index (χ0n) is 24.0. The summed E-state index contributed by atoms with van der Waals surface area (Å²) in [5.41, 5.74) is 5.44. The molecule has 0 aliphatic carbocycles. The average molecular weight is 586 g/mol. The van der Waals surface area contributed by atoms with Crippen LogP contribution in [0.3, 0.4) is 0 Å². The Kier molecular flexibility index (Phi) is 8.67. The summed E-state index contributed by atoms with van der Waals surface area (Å²) in [4.78, 5) is 37.3. The summed E-state index contributed by atoms with van der Waals surface area (Å²) in [6, 6.07) is 6.89. The molecule has 2 aliphatic heterocycles. The van der Waals surface area contributed by atoms with E-state index in [1.165, 1.54) is 7.11 Å². The first-order valence-corrected chi connectivity index (χ1v) is 13.9. The number of halogens is 1. The summed E-state index contributed by atoms with van der Waals surface area (Å²) >= 11 is 6.38. The molecular formula is C32H32ClN5O4. The van der Waals surface area contributed by atoms with Gasteiger partial charge in [0, 0.05) is 55.3 Å². The summed E-state index contributed by atoms with van der Waals surface area (Å²) in [5.74, 6) is 6.47. The molecule has 2 aliphatic rings. The maximum atomic E-state index is 13.0. The van der Waals surface area contributed by atoms with E-state index in [1.54, 1.807) is 35.5 Å². The second kappa shape index (κ2) is 12.6. The van der Waals surface area contributed by atoms with Gasteiger partial charge in [-0.2, -0.15) is 0 Å². The van der Waals surface area contributed by atoms with Crippen LogP contribution in [0.2, 0.25) is 5.02 Å². The van der Waals surface area contributed by atoms with E-state index < -0.39 is 5.97 Å². The fraction of sp³-hybridized carbons (Fsp3) is 0.281. The van der Waals surface area contributed by atoms with E-state index in [1.807, 2.05) is 50.3 Å². The number of methoxy groups -OCH3 is 1. The number of para-hydroxylation sites is 1. The molecule has 1 amide bonds. The van der Waals surface area contributed by atoms with Crippen molar-refractivity contribution in [3.8, 4) is 28.8 Å². The quantitative estimate of drug-likeness (QED) is 0.224. The number of anilines is 2. The lowest BCUT2D eigenvalue weighted by Gasteiger charge is -2.18. The number of aromatic amines is 1. The van der Waals surface area contributed by atoms with Crippen LogP contribution in [0.5, 0.6) is 5.75 Å². The minimum absolute atomic E-state index is 0.114. The third kappa shape index (κ3) is 6.05. The van der Waals surface area contributed by atoms with Gasteiger partial charge in [-0.25, -0.2) is 4.79 Å². The zero-order chi connectivity index (χ0) is 29.8. The van der Waals surface area contributed by atoms with Crippen molar-refractivity contribution in [3.63, 3.8) is 0 Å². The lowest BCUT2D eigenvalue weighted by atomic mass is 10.0. The van der Waals surface area contributed by atoms with Gasteiger partial charge in [-0.1, -0.05) is 41.2 Å². The molecule has 1 atom stereocenters. The first-order valence-electron chi connectivity index (χ1n) is 13.5. The Bertz CT molecular complexity index is 1650.